The summed E-state index contributed by atoms with van der Waals surface area (Å²) in [6, 6.07) is 33.1. The number of hydrogen-bond donors (Lipinski definition) is 1. The summed E-state index contributed by atoms with van der Waals surface area (Å²) in [5, 5.41) is 13.4. The van der Waals surface area contributed by atoms with Crippen LogP contribution in [0.5, 0.6) is 5.75 Å². The summed E-state index contributed by atoms with van der Waals surface area (Å²) in [4.78, 5) is 2.12. The van der Waals surface area contributed by atoms with Crippen LogP contribution in [0.15, 0.2) is 97.1 Å². The number of rotatable bonds is 5. The van der Waals surface area contributed by atoms with Gasteiger partial charge in [0.2, 0.25) is 0 Å². The maximum absolute atomic E-state index is 11.2. The molecule has 162 valence electrons. The zero-order valence-electron chi connectivity index (χ0n) is 17.9. The molecule has 0 amide bonds. The van der Waals surface area contributed by atoms with Gasteiger partial charge in [-0.3, -0.25) is 0 Å². The van der Waals surface area contributed by atoms with Gasteiger partial charge in [0, 0.05) is 36.0 Å². The van der Waals surface area contributed by atoms with Crippen LogP contribution in [0.2, 0.25) is 0 Å². The summed E-state index contributed by atoms with van der Waals surface area (Å²) in [5.74, 6) is 0.364. The van der Waals surface area contributed by atoms with E-state index in [-0.39, 0.29) is 0 Å². The molecule has 0 aliphatic rings. The number of anilines is 1. The van der Waals surface area contributed by atoms with E-state index in [2.05, 4.69) is 67.5 Å². The van der Waals surface area contributed by atoms with Crippen LogP contribution in [0.1, 0.15) is 0 Å². The fourth-order valence-electron chi connectivity index (χ4n) is 3.48. The second kappa shape index (κ2) is 12.4. The predicted octanol–water partition coefficient (Wildman–Crippen LogP) is 6.80. The van der Waals surface area contributed by atoms with Gasteiger partial charge < -0.3 is 10.0 Å². The Balaban J connectivity index is 0.000000913. The number of phenols is 1. The monoisotopic (exact) mass is 515 g/mol. The van der Waals surface area contributed by atoms with Gasteiger partial charge in [-0.05, 0) is 34.9 Å². The van der Waals surface area contributed by atoms with E-state index in [1.165, 1.54) is 11.0 Å². The predicted molar refractivity (Wildman–Crippen MR) is 139 cm³/mol. The summed E-state index contributed by atoms with van der Waals surface area (Å²) in [6.07, 6.45) is 0. The molecule has 0 fully saturated rings. The number of benzene rings is 4. The molecule has 4 aromatic rings. The Morgan fingerprint density at radius 1 is 0.688 bits per heavy atom. The summed E-state index contributed by atoms with van der Waals surface area (Å²) in [6.45, 7) is 0. The fourth-order valence-corrected chi connectivity index (χ4v) is 4.86. The van der Waals surface area contributed by atoms with E-state index < -0.39 is 17.0 Å². The van der Waals surface area contributed by atoms with Crippen LogP contribution < -0.4 is 15.5 Å². The van der Waals surface area contributed by atoms with E-state index in [0.717, 1.165) is 27.6 Å². The Labute approximate surface area is 208 Å². The summed E-state index contributed by atoms with van der Waals surface area (Å²) >= 11 is -0.556. The third-order valence-corrected chi connectivity index (χ3v) is 6.30. The molecule has 2 nitrogen and oxygen atoms in total. The first-order valence-electron chi connectivity index (χ1n) is 10.0. The molecule has 1 unspecified atom stereocenters. The van der Waals surface area contributed by atoms with Crippen molar-refractivity contribution in [3.63, 3.8) is 0 Å². The van der Waals surface area contributed by atoms with Crippen molar-refractivity contribution >= 4 is 43.5 Å². The number of phenolic OH excluding ortho intramolecular Hbond substituents is 1. The molecule has 0 bridgehead atoms. The minimum absolute atomic E-state index is 0.358. The number of nitrogens with zero attached hydrogens (tertiary/aromatic N) is 1. The van der Waals surface area contributed by atoms with Crippen molar-refractivity contribution in [3.8, 4) is 28.0 Å². The molecule has 0 aliphatic carbocycles. The molecule has 0 aliphatic heterocycles. The quantitative estimate of drug-likeness (QED) is 0.233. The molecular formula is C26H24Cl2NOPTi. The second-order valence-electron chi connectivity index (χ2n) is 7.26. The molecule has 0 heterocycles. The van der Waals surface area contributed by atoms with Gasteiger partial charge in [-0.25, -0.2) is 0 Å². The van der Waals surface area contributed by atoms with Crippen LogP contribution in [0, 0.1) is 0 Å². The SMILES string of the molecule is CN(C)c1ccccc1Pc1cc(-c2ccccc2)cc(-c2ccccc2)c1O.[Cl][Ti][Cl]. The zero-order chi connectivity index (χ0) is 22.9. The van der Waals surface area contributed by atoms with Crippen LogP contribution >= 0.6 is 27.2 Å². The third-order valence-electron chi connectivity index (χ3n) is 4.96. The molecule has 0 spiro atoms. The van der Waals surface area contributed by atoms with Crippen LogP contribution in [-0.4, -0.2) is 19.2 Å². The van der Waals surface area contributed by atoms with Gasteiger partial charge in [0.15, 0.2) is 0 Å². The van der Waals surface area contributed by atoms with Gasteiger partial charge in [-0.15, -0.1) is 0 Å². The standard InChI is InChI=1S/C26H24NOP.2ClH.Ti/c1-27(2)23-15-9-10-16-24(23)29-25-18-21(19-11-5-3-6-12-19)17-22(26(25)28)20-13-7-4-8-14-20;;;/h3-18,28-29H,1-2H3;2*1H;/q;;;+2/p-2. The molecule has 1 N–H and O–H groups in total. The molecule has 0 saturated heterocycles. The van der Waals surface area contributed by atoms with E-state index in [4.69, 9.17) is 18.6 Å². The van der Waals surface area contributed by atoms with Crippen molar-refractivity contribution in [3.05, 3.63) is 97.1 Å². The number of hydrogen-bond acceptors (Lipinski definition) is 2. The Morgan fingerprint density at radius 3 is 1.81 bits per heavy atom. The Bertz CT molecular complexity index is 1140. The normalized spacial score (nSPS) is 10.5. The van der Waals surface area contributed by atoms with E-state index in [0.29, 0.717) is 14.3 Å². The molecule has 4 aromatic carbocycles. The first kappa shape index (κ1) is 24.8. The van der Waals surface area contributed by atoms with Gasteiger partial charge >= 0.3 is 35.6 Å². The van der Waals surface area contributed by atoms with Gasteiger partial charge in [-0.2, -0.15) is 0 Å². The molecule has 0 radical (unpaired) electrons. The van der Waals surface area contributed by atoms with Crippen molar-refractivity contribution in [2.75, 3.05) is 19.0 Å². The van der Waals surface area contributed by atoms with Crippen LogP contribution in [0.4, 0.5) is 5.69 Å². The minimum atomic E-state index is -0.556. The van der Waals surface area contributed by atoms with Crippen LogP contribution in [0.3, 0.4) is 0 Å². The van der Waals surface area contributed by atoms with Crippen LogP contribution in [0.25, 0.3) is 22.3 Å². The Kier molecular flexibility index (Phi) is 9.66. The van der Waals surface area contributed by atoms with E-state index >= 15 is 0 Å². The second-order valence-corrected chi connectivity index (χ2v) is 11.2. The molecule has 0 aromatic heterocycles. The average Bonchev–Trinajstić information content (AvgIpc) is 2.82. The molecular weight excluding hydrogens is 492 g/mol. The molecule has 4 rings (SSSR count). The molecule has 6 heteroatoms. The van der Waals surface area contributed by atoms with Crippen molar-refractivity contribution in [1.82, 2.24) is 0 Å². The van der Waals surface area contributed by atoms with Crippen molar-refractivity contribution in [2.24, 2.45) is 0 Å². The Hall–Kier alpha value is -1.80. The third kappa shape index (κ3) is 6.38. The first-order valence-corrected chi connectivity index (χ1v) is 15.3. The van der Waals surface area contributed by atoms with Gasteiger partial charge in [0.1, 0.15) is 5.75 Å². The zero-order valence-corrected chi connectivity index (χ0v) is 22.0. The van der Waals surface area contributed by atoms with Gasteiger partial charge in [-0.1, -0.05) is 87.4 Å². The summed E-state index contributed by atoms with van der Waals surface area (Å²) in [5.41, 5.74) is 5.34. The Morgan fingerprint density at radius 2 is 1.22 bits per heavy atom. The molecule has 1 atom stereocenters. The van der Waals surface area contributed by atoms with Crippen molar-refractivity contribution < 1.29 is 22.1 Å². The van der Waals surface area contributed by atoms with Gasteiger partial charge in [0.25, 0.3) is 0 Å². The first-order chi connectivity index (χ1) is 15.5. The van der Waals surface area contributed by atoms with Gasteiger partial charge in [0.05, 0.1) is 0 Å². The fraction of sp³-hybridized carbons (Fsp3) is 0.0769. The number of halogens is 2. The number of aromatic hydroxyl groups is 1. The molecule has 32 heavy (non-hydrogen) atoms. The topological polar surface area (TPSA) is 23.5 Å². The average molecular weight is 516 g/mol. The molecule has 0 saturated carbocycles. The summed E-state index contributed by atoms with van der Waals surface area (Å²) in [7, 11) is 14.2. The maximum atomic E-state index is 11.2. The van der Waals surface area contributed by atoms with Crippen molar-refractivity contribution in [1.29, 1.82) is 0 Å². The number of para-hydroxylation sites is 1. The van der Waals surface area contributed by atoms with E-state index in [9.17, 15) is 5.11 Å². The van der Waals surface area contributed by atoms with E-state index in [1.807, 2.05) is 48.5 Å². The van der Waals surface area contributed by atoms with E-state index in [1.54, 1.807) is 0 Å². The summed E-state index contributed by atoms with van der Waals surface area (Å²) < 4.78 is 0. The van der Waals surface area contributed by atoms with Crippen molar-refractivity contribution in [2.45, 2.75) is 0 Å². The van der Waals surface area contributed by atoms with Crippen LogP contribution in [-0.2, 0) is 17.0 Å².